The zero-order valence-electron chi connectivity index (χ0n) is 14.3. The number of hydrogen-bond donors (Lipinski definition) is 1. The van der Waals surface area contributed by atoms with Crippen molar-refractivity contribution in [3.63, 3.8) is 0 Å². The molecular formula is C20H21BrN2O2. The van der Waals surface area contributed by atoms with Crippen LogP contribution in [0.15, 0.2) is 59.1 Å². The summed E-state index contributed by atoms with van der Waals surface area (Å²) in [6.45, 7) is 4.69. The lowest BCUT2D eigenvalue weighted by Crippen LogP contribution is -2.27. The molecule has 0 aliphatic rings. The molecule has 0 atom stereocenters. The molecule has 0 aromatic heterocycles. The zero-order chi connectivity index (χ0) is 18.2. The maximum Gasteiger partial charge on any atom is 0.248 e. The van der Waals surface area contributed by atoms with E-state index in [0.29, 0.717) is 18.8 Å². The first-order valence-electron chi connectivity index (χ1n) is 8.07. The molecule has 2 aromatic rings. The monoisotopic (exact) mass is 400 g/mol. The van der Waals surface area contributed by atoms with Gasteiger partial charge in [0.05, 0.1) is 0 Å². The van der Waals surface area contributed by atoms with Crippen LogP contribution in [0.25, 0.3) is 6.08 Å². The quantitative estimate of drug-likeness (QED) is 0.727. The van der Waals surface area contributed by atoms with E-state index in [1.165, 1.54) is 6.08 Å². The lowest BCUT2D eigenvalue weighted by Gasteiger charge is -2.19. The van der Waals surface area contributed by atoms with E-state index >= 15 is 0 Å². The second-order valence-corrected chi connectivity index (χ2v) is 6.53. The van der Waals surface area contributed by atoms with Crippen LogP contribution in [0.3, 0.4) is 0 Å². The molecular weight excluding hydrogens is 380 g/mol. The van der Waals surface area contributed by atoms with Crippen molar-refractivity contribution >= 4 is 39.5 Å². The van der Waals surface area contributed by atoms with Gasteiger partial charge in [-0.15, -0.1) is 0 Å². The molecule has 0 radical (unpaired) electrons. The molecule has 0 saturated carbocycles. The molecule has 4 nitrogen and oxygen atoms in total. The van der Waals surface area contributed by atoms with Crippen molar-refractivity contribution in [2.75, 3.05) is 11.9 Å². The second kappa shape index (κ2) is 9.18. The Kier molecular flexibility index (Phi) is 6.95. The third-order valence-electron chi connectivity index (χ3n) is 3.67. The summed E-state index contributed by atoms with van der Waals surface area (Å²) in [5.41, 5.74) is 2.63. The Bertz CT molecular complexity index is 787. The van der Waals surface area contributed by atoms with Crippen LogP contribution >= 0.6 is 15.9 Å². The SMILES string of the molecule is CCN(Cc1cccc(NC(=O)/C=C/c2cccc(Br)c2)c1)C(C)=O. The van der Waals surface area contributed by atoms with Gasteiger partial charge in [-0.05, 0) is 48.4 Å². The zero-order valence-corrected chi connectivity index (χ0v) is 15.9. The minimum absolute atomic E-state index is 0.0360. The van der Waals surface area contributed by atoms with Crippen LogP contribution in [0.4, 0.5) is 5.69 Å². The number of nitrogens with zero attached hydrogens (tertiary/aromatic N) is 1. The van der Waals surface area contributed by atoms with Crippen molar-refractivity contribution in [1.82, 2.24) is 4.90 Å². The molecule has 0 saturated heterocycles. The van der Waals surface area contributed by atoms with Crippen LogP contribution in [0.5, 0.6) is 0 Å². The summed E-state index contributed by atoms with van der Waals surface area (Å²) in [6, 6.07) is 15.2. The normalized spacial score (nSPS) is 10.7. The first-order chi connectivity index (χ1) is 12.0. The van der Waals surface area contributed by atoms with Crippen LogP contribution in [-0.2, 0) is 16.1 Å². The van der Waals surface area contributed by atoms with E-state index < -0.39 is 0 Å². The van der Waals surface area contributed by atoms with Gasteiger partial charge in [0.2, 0.25) is 11.8 Å². The summed E-state index contributed by atoms with van der Waals surface area (Å²) in [5, 5.41) is 2.85. The van der Waals surface area contributed by atoms with Crippen LogP contribution in [0.2, 0.25) is 0 Å². The van der Waals surface area contributed by atoms with Crippen molar-refractivity contribution in [1.29, 1.82) is 0 Å². The van der Waals surface area contributed by atoms with Crippen LogP contribution in [-0.4, -0.2) is 23.3 Å². The molecule has 0 spiro atoms. The van der Waals surface area contributed by atoms with Gasteiger partial charge < -0.3 is 10.2 Å². The highest BCUT2D eigenvalue weighted by Crippen LogP contribution is 2.14. The highest BCUT2D eigenvalue weighted by atomic mass is 79.9. The molecule has 2 aromatic carbocycles. The van der Waals surface area contributed by atoms with Crippen molar-refractivity contribution in [3.05, 3.63) is 70.2 Å². The Morgan fingerprint density at radius 3 is 2.60 bits per heavy atom. The molecule has 0 fully saturated rings. The predicted octanol–water partition coefficient (Wildman–Crippen LogP) is 4.47. The fourth-order valence-electron chi connectivity index (χ4n) is 2.38. The molecule has 1 N–H and O–H groups in total. The predicted molar refractivity (Wildman–Crippen MR) is 105 cm³/mol. The molecule has 0 aliphatic carbocycles. The molecule has 25 heavy (non-hydrogen) atoms. The van der Waals surface area contributed by atoms with Gasteiger partial charge in [-0.3, -0.25) is 9.59 Å². The maximum atomic E-state index is 12.1. The number of halogens is 1. The third kappa shape index (κ3) is 6.19. The van der Waals surface area contributed by atoms with Gasteiger partial charge in [0.15, 0.2) is 0 Å². The van der Waals surface area contributed by atoms with E-state index in [0.717, 1.165) is 15.6 Å². The van der Waals surface area contributed by atoms with Gasteiger partial charge in [0, 0.05) is 36.2 Å². The van der Waals surface area contributed by atoms with Gasteiger partial charge in [-0.25, -0.2) is 0 Å². The van der Waals surface area contributed by atoms with Crippen molar-refractivity contribution < 1.29 is 9.59 Å². The first-order valence-corrected chi connectivity index (χ1v) is 8.86. The highest BCUT2D eigenvalue weighted by molar-refractivity contribution is 9.10. The third-order valence-corrected chi connectivity index (χ3v) is 4.16. The number of carbonyl (C=O) groups is 2. The van der Waals surface area contributed by atoms with Gasteiger partial charge in [-0.2, -0.15) is 0 Å². The minimum atomic E-state index is -0.198. The van der Waals surface area contributed by atoms with E-state index in [1.807, 2.05) is 55.5 Å². The van der Waals surface area contributed by atoms with Crippen molar-refractivity contribution in [2.24, 2.45) is 0 Å². The standard InChI is InChI=1S/C20H21BrN2O2/c1-3-23(15(2)24)14-17-7-5-9-19(13-17)22-20(25)11-10-16-6-4-8-18(21)12-16/h4-13H,3,14H2,1-2H3,(H,22,25)/b11-10+. The fourth-order valence-corrected chi connectivity index (χ4v) is 2.80. The summed E-state index contributed by atoms with van der Waals surface area (Å²) in [4.78, 5) is 25.4. The van der Waals surface area contributed by atoms with Gasteiger partial charge in [-0.1, -0.05) is 40.2 Å². The maximum absolute atomic E-state index is 12.1. The molecule has 0 bridgehead atoms. The summed E-state index contributed by atoms with van der Waals surface area (Å²) in [6.07, 6.45) is 3.26. The van der Waals surface area contributed by atoms with E-state index in [2.05, 4.69) is 21.2 Å². The molecule has 5 heteroatoms. The van der Waals surface area contributed by atoms with Crippen LogP contribution in [0, 0.1) is 0 Å². The van der Waals surface area contributed by atoms with Gasteiger partial charge >= 0.3 is 0 Å². The Balaban J connectivity index is 2.01. The van der Waals surface area contributed by atoms with Gasteiger partial charge in [0.1, 0.15) is 0 Å². The number of rotatable bonds is 6. The summed E-state index contributed by atoms with van der Waals surface area (Å²) < 4.78 is 0.966. The second-order valence-electron chi connectivity index (χ2n) is 5.61. The van der Waals surface area contributed by atoms with E-state index in [-0.39, 0.29) is 11.8 Å². The largest absolute Gasteiger partial charge is 0.339 e. The Morgan fingerprint density at radius 2 is 1.92 bits per heavy atom. The number of benzene rings is 2. The van der Waals surface area contributed by atoms with E-state index in [1.54, 1.807) is 17.9 Å². The average Bonchev–Trinajstić information content (AvgIpc) is 2.58. The topological polar surface area (TPSA) is 49.4 Å². The number of amides is 2. The summed E-state index contributed by atoms with van der Waals surface area (Å²) in [7, 11) is 0. The molecule has 2 amide bonds. The molecule has 2 rings (SSSR count). The number of hydrogen-bond acceptors (Lipinski definition) is 2. The molecule has 130 valence electrons. The molecule has 0 unspecified atom stereocenters. The van der Waals surface area contributed by atoms with Crippen LogP contribution in [0.1, 0.15) is 25.0 Å². The van der Waals surface area contributed by atoms with Crippen molar-refractivity contribution in [3.8, 4) is 0 Å². The summed E-state index contributed by atoms with van der Waals surface area (Å²) >= 11 is 3.40. The Hall–Kier alpha value is -2.40. The smallest absolute Gasteiger partial charge is 0.248 e. The number of nitrogens with one attached hydrogen (secondary N) is 1. The Labute approximate surface area is 156 Å². The molecule has 0 aliphatic heterocycles. The number of carbonyl (C=O) groups excluding carboxylic acids is 2. The van der Waals surface area contributed by atoms with Crippen molar-refractivity contribution in [2.45, 2.75) is 20.4 Å². The molecule has 0 heterocycles. The van der Waals surface area contributed by atoms with E-state index in [9.17, 15) is 9.59 Å². The van der Waals surface area contributed by atoms with Gasteiger partial charge in [0.25, 0.3) is 0 Å². The number of anilines is 1. The minimum Gasteiger partial charge on any atom is -0.339 e. The van der Waals surface area contributed by atoms with E-state index in [4.69, 9.17) is 0 Å². The lowest BCUT2D eigenvalue weighted by atomic mass is 10.2. The first kappa shape index (κ1) is 18.9. The van der Waals surface area contributed by atoms with Crippen LogP contribution < -0.4 is 5.32 Å². The fraction of sp³-hybridized carbons (Fsp3) is 0.200. The highest BCUT2D eigenvalue weighted by Gasteiger charge is 2.07. The lowest BCUT2D eigenvalue weighted by molar-refractivity contribution is -0.129. The average molecular weight is 401 g/mol. The Morgan fingerprint density at radius 1 is 1.16 bits per heavy atom. The summed E-state index contributed by atoms with van der Waals surface area (Å²) in [5.74, 6) is -0.162.